The van der Waals surface area contributed by atoms with Crippen molar-refractivity contribution in [2.24, 2.45) is 0 Å². The van der Waals surface area contributed by atoms with Crippen molar-refractivity contribution in [3.63, 3.8) is 0 Å². The van der Waals surface area contributed by atoms with Crippen LogP contribution in [0.25, 0.3) is 32.9 Å². The molecule has 0 unspecified atom stereocenters. The van der Waals surface area contributed by atoms with Gasteiger partial charge < -0.3 is 14.7 Å². The third-order valence-corrected chi connectivity index (χ3v) is 10.2. The van der Waals surface area contributed by atoms with Crippen LogP contribution < -0.4 is 4.90 Å². The zero-order valence-corrected chi connectivity index (χ0v) is 26.8. The van der Waals surface area contributed by atoms with Crippen LogP contribution >= 0.6 is 11.6 Å². The van der Waals surface area contributed by atoms with E-state index in [1.54, 1.807) is 0 Å². The van der Waals surface area contributed by atoms with Gasteiger partial charge in [-0.25, -0.2) is 14.4 Å². The summed E-state index contributed by atoms with van der Waals surface area (Å²) in [5.41, 5.74) is 3.28. The Labute approximate surface area is 262 Å². The summed E-state index contributed by atoms with van der Waals surface area (Å²) in [6, 6.07) is 6.54. The Kier molecular flexibility index (Phi) is 7.16. The molecule has 3 heterocycles. The minimum atomic E-state index is -0.429. The fourth-order valence-electron chi connectivity index (χ4n) is 7.05. The summed E-state index contributed by atoms with van der Waals surface area (Å²) in [5, 5.41) is 6.56. The van der Waals surface area contributed by atoms with Gasteiger partial charge in [-0.15, -0.1) is 0 Å². The number of fused-ring (bicyclic) bond motifs is 2. The molecule has 4 aromatic rings. The van der Waals surface area contributed by atoms with Gasteiger partial charge >= 0.3 is 0 Å². The Morgan fingerprint density at radius 1 is 1.11 bits per heavy atom. The van der Waals surface area contributed by atoms with Crippen molar-refractivity contribution in [3.05, 3.63) is 59.3 Å². The second-order valence-electron chi connectivity index (χ2n) is 13.2. The molecule has 1 amide bonds. The molecule has 2 saturated carbocycles. The lowest BCUT2D eigenvalue weighted by Crippen LogP contribution is -2.58. The van der Waals surface area contributed by atoms with E-state index in [9.17, 15) is 4.79 Å². The molecule has 2 atom stereocenters. The SMILES string of the molecule is C=CC(=O)N1C[C@H](C)N(c2nc(C3CC(N(C)C)C3)nc3c(F)c(-c4c(C)ccc5cnn(C6CC6)c45)c(Cl)cc23)C[C@H]1C. The Morgan fingerprint density at radius 3 is 2.55 bits per heavy atom. The quantitative estimate of drug-likeness (QED) is 0.231. The molecule has 0 N–H and O–H groups in total. The van der Waals surface area contributed by atoms with Crippen molar-refractivity contribution in [3.8, 4) is 11.1 Å². The summed E-state index contributed by atoms with van der Waals surface area (Å²) in [6.07, 6.45) is 7.20. The van der Waals surface area contributed by atoms with Crippen LogP contribution in [-0.2, 0) is 4.79 Å². The summed E-state index contributed by atoms with van der Waals surface area (Å²) in [4.78, 5) is 28.9. The topological polar surface area (TPSA) is 70.4 Å². The van der Waals surface area contributed by atoms with E-state index in [-0.39, 0.29) is 29.4 Å². The van der Waals surface area contributed by atoms with E-state index in [0.717, 1.165) is 47.7 Å². The highest BCUT2D eigenvalue weighted by molar-refractivity contribution is 6.35. The van der Waals surface area contributed by atoms with Gasteiger partial charge in [0.1, 0.15) is 17.2 Å². The number of hydrogen-bond donors (Lipinski definition) is 0. The normalized spacial score (nSPS) is 23.9. The van der Waals surface area contributed by atoms with Gasteiger partial charge in [0.05, 0.1) is 22.8 Å². The average Bonchev–Trinajstić information content (AvgIpc) is 3.72. The molecule has 8 nitrogen and oxygen atoms in total. The first-order chi connectivity index (χ1) is 21.1. The van der Waals surface area contributed by atoms with Gasteiger partial charge in [0.2, 0.25) is 5.91 Å². The molecule has 1 saturated heterocycles. The Hall–Kier alpha value is -3.56. The summed E-state index contributed by atoms with van der Waals surface area (Å²) >= 11 is 7.07. The maximum absolute atomic E-state index is 17.2. The van der Waals surface area contributed by atoms with Crippen LogP contribution in [0.4, 0.5) is 10.2 Å². The van der Waals surface area contributed by atoms with E-state index in [0.29, 0.717) is 52.8 Å². The number of aromatic nitrogens is 4. The summed E-state index contributed by atoms with van der Waals surface area (Å²) in [6.45, 7) is 10.8. The fraction of sp³-hybridized carbons (Fsp3) is 0.471. The molecule has 230 valence electrons. The molecule has 3 aliphatic rings. The van der Waals surface area contributed by atoms with Crippen LogP contribution in [0, 0.1) is 12.7 Å². The molecule has 0 spiro atoms. The van der Waals surface area contributed by atoms with Crippen LogP contribution in [0.2, 0.25) is 5.02 Å². The third kappa shape index (κ3) is 4.67. The smallest absolute Gasteiger partial charge is 0.246 e. The number of carbonyl (C=O) groups is 1. The van der Waals surface area contributed by atoms with Crippen molar-refractivity contribution in [1.82, 2.24) is 29.5 Å². The van der Waals surface area contributed by atoms with Gasteiger partial charge in [-0.05, 0) is 78.3 Å². The zero-order valence-electron chi connectivity index (χ0n) is 26.0. The summed E-state index contributed by atoms with van der Waals surface area (Å²) < 4.78 is 19.2. The molecule has 0 radical (unpaired) electrons. The molecule has 1 aliphatic heterocycles. The predicted molar refractivity (Wildman–Crippen MR) is 174 cm³/mol. The largest absolute Gasteiger partial charge is 0.349 e. The number of aryl methyl sites for hydroxylation is 1. The van der Waals surface area contributed by atoms with Crippen molar-refractivity contribution in [2.45, 2.75) is 76.5 Å². The highest BCUT2D eigenvalue weighted by atomic mass is 35.5. The average molecular weight is 616 g/mol. The number of carbonyl (C=O) groups excluding carboxylic acids is 1. The third-order valence-electron chi connectivity index (χ3n) is 9.91. The van der Waals surface area contributed by atoms with Crippen LogP contribution in [0.5, 0.6) is 0 Å². The van der Waals surface area contributed by atoms with E-state index >= 15 is 4.39 Å². The zero-order chi connectivity index (χ0) is 31.0. The van der Waals surface area contributed by atoms with Gasteiger partial charge in [-0.1, -0.05) is 30.3 Å². The van der Waals surface area contributed by atoms with Crippen molar-refractivity contribution in [2.75, 3.05) is 32.1 Å². The molecule has 3 fully saturated rings. The van der Waals surface area contributed by atoms with Gasteiger partial charge in [0.15, 0.2) is 5.82 Å². The first-order valence-corrected chi connectivity index (χ1v) is 16.0. The van der Waals surface area contributed by atoms with Crippen LogP contribution in [0.1, 0.15) is 62.9 Å². The fourth-order valence-corrected chi connectivity index (χ4v) is 7.33. The number of amides is 1. The summed E-state index contributed by atoms with van der Waals surface area (Å²) in [5.74, 6) is 0.965. The lowest BCUT2D eigenvalue weighted by molar-refractivity contribution is -0.128. The standard InChI is InChI=1S/C34H39ClFN7O/c1-7-27(44)41-16-20(4)42(17-19(41)3)34-25-14-26(35)29(28-18(2)8-9-21-15-37-43(32(21)28)23-10-11-23)30(36)31(25)38-33(39-34)22-12-24(13-22)40(5)6/h7-9,14-15,19-20,22-24H,1,10-13,16-17H2,2-6H3/t19-,20+,22?,24?/m1/s1. The van der Waals surface area contributed by atoms with Gasteiger partial charge in [-0.3, -0.25) is 9.48 Å². The number of benzene rings is 2. The van der Waals surface area contributed by atoms with Gasteiger partial charge in [-0.2, -0.15) is 5.10 Å². The monoisotopic (exact) mass is 615 g/mol. The number of nitrogens with zero attached hydrogens (tertiary/aromatic N) is 7. The van der Waals surface area contributed by atoms with Crippen LogP contribution in [0.15, 0.2) is 37.1 Å². The lowest BCUT2D eigenvalue weighted by atomic mass is 9.79. The summed E-state index contributed by atoms with van der Waals surface area (Å²) in [7, 11) is 4.17. The Morgan fingerprint density at radius 2 is 1.86 bits per heavy atom. The maximum Gasteiger partial charge on any atom is 0.246 e. The van der Waals surface area contributed by atoms with E-state index in [4.69, 9.17) is 21.6 Å². The van der Waals surface area contributed by atoms with E-state index in [1.165, 1.54) is 6.08 Å². The second kappa shape index (κ2) is 10.8. The molecule has 2 aromatic carbocycles. The molecular weight excluding hydrogens is 577 g/mol. The molecule has 0 bridgehead atoms. The van der Waals surface area contributed by atoms with Crippen molar-refractivity contribution >= 4 is 45.1 Å². The lowest BCUT2D eigenvalue weighted by Gasteiger charge is -2.45. The van der Waals surface area contributed by atoms with Gasteiger partial charge in [0, 0.05) is 59.0 Å². The first-order valence-electron chi connectivity index (χ1n) is 15.6. The van der Waals surface area contributed by atoms with Crippen LogP contribution in [0.3, 0.4) is 0 Å². The Balaban J connectivity index is 1.42. The van der Waals surface area contributed by atoms with Gasteiger partial charge in [0.25, 0.3) is 0 Å². The predicted octanol–water partition coefficient (Wildman–Crippen LogP) is 6.50. The van der Waals surface area contributed by atoms with E-state index in [1.807, 2.05) is 47.8 Å². The minimum Gasteiger partial charge on any atom is -0.349 e. The number of anilines is 1. The van der Waals surface area contributed by atoms with Crippen molar-refractivity contribution < 1.29 is 9.18 Å². The molecule has 2 aliphatic carbocycles. The van der Waals surface area contributed by atoms with E-state index in [2.05, 4.69) is 42.5 Å². The number of rotatable bonds is 6. The highest BCUT2D eigenvalue weighted by Gasteiger charge is 2.38. The maximum atomic E-state index is 17.2. The molecule has 10 heteroatoms. The molecule has 2 aromatic heterocycles. The van der Waals surface area contributed by atoms with E-state index < -0.39 is 5.82 Å². The minimum absolute atomic E-state index is 0.0534. The Bertz CT molecular complexity index is 1810. The van der Waals surface area contributed by atoms with Crippen molar-refractivity contribution in [1.29, 1.82) is 0 Å². The molecule has 7 rings (SSSR count). The number of hydrogen-bond acceptors (Lipinski definition) is 6. The first kappa shape index (κ1) is 29.2. The van der Waals surface area contributed by atoms with Crippen LogP contribution in [-0.4, -0.2) is 80.8 Å². The molecule has 44 heavy (non-hydrogen) atoms. The second-order valence-corrected chi connectivity index (χ2v) is 13.6. The highest BCUT2D eigenvalue weighted by Crippen LogP contribution is 2.46. The number of piperazine rings is 1. The molecular formula is C34H39ClFN7O. The number of halogens is 2.